The third-order valence-electron chi connectivity index (χ3n) is 4.17. The fourth-order valence-electron chi connectivity index (χ4n) is 2.57. The molecular formula is C20H23N3OS2. The molecule has 1 amide bonds. The standard InChI is InChI=1S/C20H23N3OS2/c1-15(2)16-6-8-17(9-7-16)23-11-10-21-20(23)26-14-19(24)22(3)13-18-5-4-12-25-18/h4-12,15H,13-14H2,1-3H3. The van der Waals surface area contributed by atoms with Gasteiger partial charge in [0.1, 0.15) is 0 Å². The molecule has 136 valence electrons. The van der Waals surface area contributed by atoms with Gasteiger partial charge < -0.3 is 4.90 Å². The van der Waals surface area contributed by atoms with Gasteiger partial charge in [-0.3, -0.25) is 9.36 Å². The minimum absolute atomic E-state index is 0.105. The highest BCUT2D eigenvalue weighted by Crippen LogP contribution is 2.23. The van der Waals surface area contributed by atoms with Gasteiger partial charge in [-0.25, -0.2) is 4.98 Å². The van der Waals surface area contributed by atoms with Crippen LogP contribution in [-0.2, 0) is 11.3 Å². The third-order valence-corrected chi connectivity index (χ3v) is 5.98. The van der Waals surface area contributed by atoms with Crippen LogP contribution >= 0.6 is 23.1 Å². The molecule has 0 spiro atoms. The molecule has 0 aliphatic rings. The fourth-order valence-corrected chi connectivity index (χ4v) is 4.24. The van der Waals surface area contributed by atoms with Crippen LogP contribution in [0.25, 0.3) is 5.69 Å². The van der Waals surface area contributed by atoms with E-state index in [1.54, 1.807) is 22.4 Å². The normalized spacial score (nSPS) is 11.1. The number of amides is 1. The summed E-state index contributed by atoms with van der Waals surface area (Å²) in [4.78, 5) is 19.8. The second-order valence-electron chi connectivity index (χ2n) is 6.44. The second kappa shape index (κ2) is 8.56. The lowest BCUT2D eigenvalue weighted by atomic mass is 10.0. The van der Waals surface area contributed by atoms with Crippen LogP contribution in [0, 0.1) is 0 Å². The van der Waals surface area contributed by atoms with Crippen molar-refractivity contribution in [3.05, 3.63) is 64.6 Å². The molecule has 0 bridgehead atoms. The molecule has 2 aromatic heterocycles. The zero-order valence-corrected chi connectivity index (χ0v) is 16.9. The smallest absolute Gasteiger partial charge is 0.233 e. The first-order chi connectivity index (χ1) is 12.5. The Hall–Kier alpha value is -2.05. The van der Waals surface area contributed by atoms with E-state index in [0.717, 1.165) is 10.8 Å². The van der Waals surface area contributed by atoms with Gasteiger partial charge in [0.25, 0.3) is 0 Å². The topological polar surface area (TPSA) is 38.1 Å². The Bertz CT molecular complexity index is 838. The molecule has 0 fully saturated rings. The van der Waals surface area contributed by atoms with Crippen molar-refractivity contribution in [2.24, 2.45) is 0 Å². The largest absolute Gasteiger partial charge is 0.340 e. The number of hydrogen-bond acceptors (Lipinski definition) is 4. The van der Waals surface area contributed by atoms with Crippen LogP contribution < -0.4 is 0 Å². The van der Waals surface area contributed by atoms with Crippen molar-refractivity contribution in [3.8, 4) is 5.69 Å². The Morgan fingerprint density at radius 3 is 2.69 bits per heavy atom. The lowest BCUT2D eigenvalue weighted by Crippen LogP contribution is -2.27. The molecule has 0 aliphatic carbocycles. The predicted octanol–water partition coefficient (Wildman–Crippen LogP) is 4.81. The van der Waals surface area contributed by atoms with E-state index in [-0.39, 0.29) is 5.91 Å². The van der Waals surface area contributed by atoms with Crippen LogP contribution in [-0.4, -0.2) is 33.2 Å². The minimum atomic E-state index is 0.105. The van der Waals surface area contributed by atoms with Crippen LogP contribution in [0.15, 0.2) is 59.3 Å². The molecule has 0 unspecified atom stereocenters. The Kier molecular flexibility index (Phi) is 6.16. The Labute approximate surface area is 162 Å². The van der Waals surface area contributed by atoms with Gasteiger partial charge in [-0.1, -0.05) is 43.8 Å². The molecule has 0 radical (unpaired) electrons. The van der Waals surface area contributed by atoms with Gasteiger partial charge >= 0.3 is 0 Å². The maximum Gasteiger partial charge on any atom is 0.233 e. The number of thioether (sulfide) groups is 1. The average molecular weight is 386 g/mol. The van der Waals surface area contributed by atoms with Gasteiger partial charge in [0.2, 0.25) is 5.91 Å². The molecule has 0 saturated carbocycles. The summed E-state index contributed by atoms with van der Waals surface area (Å²) in [6.45, 7) is 5.03. The number of aromatic nitrogens is 2. The molecule has 1 aromatic carbocycles. The van der Waals surface area contributed by atoms with E-state index in [2.05, 4.69) is 49.2 Å². The molecule has 6 heteroatoms. The first-order valence-corrected chi connectivity index (χ1v) is 10.4. The van der Waals surface area contributed by atoms with Crippen LogP contribution in [0.4, 0.5) is 0 Å². The summed E-state index contributed by atoms with van der Waals surface area (Å²) in [6.07, 6.45) is 3.71. The highest BCUT2D eigenvalue weighted by molar-refractivity contribution is 7.99. The van der Waals surface area contributed by atoms with Crippen LogP contribution in [0.5, 0.6) is 0 Å². The van der Waals surface area contributed by atoms with E-state index in [0.29, 0.717) is 18.2 Å². The van der Waals surface area contributed by atoms with Crippen LogP contribution in [0.3, 0.4) is 0 Å². The SMILES string of the molecule is CC(C)c1ccc(-n2ccnc2SCC(=O)N(C)Cc2cccs2)cc1. The molecule has 0 saturated heterocycles. The fraction of sp³-hybridized carbons (Fsp3) is 0.300. The van der Waals surface area contributed by atoms with Crippen LogP contribution in [0.2, 0.25) is 0 Å². The predicted molar refractivity (Wildman–Crippen MR) is 109 cm³/mol. The molecule has 4 nitrogen and oxygen atoms in total. The van der Waals surface area contributed by atoms with Gasteiger partial charge in [-0.05, 0) is 35.1 Å². The van der Waals surface area contributed by atoms with E-state index < -0.39 is 0 Å². The number of nitrogens with zero attached hydrogens (tertiary/aromatic N) is 3. The van der Waals surface area contributed by atoms with Crippen molar-refractivity contribution in [2.75, 3.05) is 12.8 Å². The summed E-state index contributed by atoms with van der Waals surface area (Å²) in [5, 5.41) is 2.87. The lowest BCUT2D eigenvalue weighted by Gasteiger charge is -2.16. The molecule has 2 heterocycles. The zero-order valence-electron chi connectivity index (χ0n) is 15.3. The number of thiophene rings is 1. The molecule has 0 N–H and O–H groups in total. The van der Waals surface area contributed by atoms with Crippen molar-refractivity contribution in [2.45, 2.75) is 31.5 Å². The maximum atomic E-state index is 12.4. The van der Waals surface area contributed by atoms with Crippen molar-refractivity contribution in [1.82, 2.24) is 14.5 Å². The summed E-state index contributed by atoms with van der Waals surface area (Å²) in [5.41, 5.74) is 2.38. The third kappa shape index (κ3) is 4.56. The molecule has 3 aromatic rings. The molecule has 26 heavy (non-hydrogen) atoms. The number of carbonyl (C=O) groups is 1. The number of carbonyl (C=O) groups excluding carboxylic acids is 1. The highest BCUT2D eigenvalue weighted by atomic mass is 32.2. The Morgan fingerprint density at radius 2 is 2.04 bits per heavy atom. The molecular weight excluding hydrogens is 362 g/mol. The van der Waals surface area contributed by atoms with Gasteiger partial charge in [0.15, 0.2) is 5.16 Å². The zero-order chi connectivity index (χ0) is 18.5. The van der Waals surface area contributed by atoms with E-state index in [1.807, 2.05) is 29.3 Å². The van der Waals surface area contributed by atoms with Crippen molar-refractivity contribution in [1.29, 1.82) is 0 Å². The summed E-state index contributed by atoms with van der Waals surface area (Å²) in [7, 11) is 1.85. The number of rotatable bonds is 7. The maximum absolute atomic E-state index is 12.4. The number of hydrogen-bond donors (Lipinski definition) is 0. The monoisotopic (exact) mass is 385 g/mol. The summed E-state index contributed by atoms with van der Waals surface area (Å²) >= 11 is 3.14. The highest BCUT2D eigenvalue weighted by Gasteiger charge is 2.13. The number of benzene rings is 1. The lowest BCUT2D eigenvalue weighted by molar-refractivity contribution is -0.127. The van der Waals surface area contributed by atoms with Crippen molar-refractivity contribution >= 4 is 29.0 Å². The molecule has 0 atom stereocenters. The molecule has 3 rings (SSSR count). The molecule has 0 aliphatic heterocycles. The van der Waals surface area contributed by atoms with Gasteiger partial charge in [0, 0.05) is 30.0 Å². The summed E-state index contributed by atoms with van der Waals surface area (Å²) < 4.78 is 2.03. The number of imidazole rings is 1. The van der Waals surface area contributed by atoms with Crippen molar-refractivity contribution in [3.63, 3.8) is 0 Å². The first kappa shape index (κ1) is 18.7. The van der Waals surface area contributed by atoms with E-state index in [9.17, 15) is 4.79 Å². The average Bonchev–Trinajstić information content (AvgIpc) is 3.31. The van der Waals surface area contributed by atoms with Gasteiger partial charge in [-0.2, -0.15) is 0 Å². The Morgan fingerprint density at radius 1 is 1.27 bits per heavy atom. The van der Waals surface area contributed by atoms with Gasteiger partial charge in [0.05, 0.1) is 12.3 Å². The van der Waals surface area contributed by atoms with E-state index in [4.69, 9.17) is 0 Å². The first-order valence-electron chi connectivity index (χ1n) is 8.57. The Balaban J connectivity index is 1.62. The minimum Gasteiger partial charge on any atom is -0.340 e. The van der Waals surface area contributed by atoms with Gasteiger partial charge in [-0.15, -0.1) is 11.3 Å². The summed E-state index contributed by atoms with van der Waals surface area (Å²) in [5.74, 6) is 0.994. The van der Waals surface area contributed by atoms with E-state index >= 15 is 0 Å². The van der Waals surface area contributed by atoms with Crippen LogP contribution in [0.1, 0.15) is 30.2 Å². The second-order valence-corrected chi connectivity index (χ2v) is 8.42. The van der Waals surface area contributed by atoms with Crippen molar-refractivity contribution < 1.29 is 4.79 Å². The quantitative estimate of drug-likeness (QED) is 0.548. The van der Waals surface area contributed by atoms with E-state index in [1.165, 1.54) is 22.2 Å². The summed E-state index contributed by atoms with van der Waals surface area (Å²) in [6, 6.07) is 12.6.